The Kier molecular flexibility index (Phi) is 4.58. The molecular formula is C15H18N2OS. The molecule has 1 aromatic heterocycles. The third-order valence-corrected chi connectivity index (χ3v) is 4.00. The molecule has 0 aliphatic heterocycles. The van der Waals surface area contributed by atoms with Crippen molar-refractivity contribution in [3.05, 3.63) is 52.7 Å². The predicted molar refractivity (Wildman–Crippen MR) is 81.0 cm³/mol. The third kappa shape index (κ3) is 3.58. The number of nitrogens with one attached hydrogen (secondary N) is 1. The summed E-state index contributed by atoms with van der Waals surface area (Å²) >= 11 is 1.46. The highest BCUT2D eigenvalue weighted by atomic mass is 32.1. The number of para-hydroxylation sites is 1. The molecule has 0 unspecified atom stereocenters. The van der Waals surface area contributed by atoms with Gasteiger partial charge in [-0.2, -0.15) is 0 Å². The SMILES string of the molecule is C[C@H](CNC(=O)c1cccs1)N(C)c1ccccc1. The van der Waals surface area contributed by atoms with Gasteiger partial charge in [-0.25, -0.2) is 0 Å². The summed E-state index contributed by atoms with van der Waals surface area (Å²) in [6.07, 6.45) is 0. The van der Waals surface area contributed by atoms with Crippen LogP contribution in [0.2, 0.25) is 0 Å². The lowest BCUT2D eigenvalue weighted by Gasteiger charge is -2.27. The quantitative estimate of drug-likeness (QED) is 0.909. The first-order valence-corrected chi connectivity index (χ1v) is 7.16. The topological polar surface area (TPSA) is 32.3 Å². The van der Waals surface area contributed by atoms with Gasteiger partial charge in [-0.3, -0.25) is 4.79 Å². The number of amides is 1. The maximum Gasteiger partial charge on any atom is 0.261 e. The second-order valence-electron chi connectivity index (χ2n) is 4.48. The molecule has 1 amide bonds. The molecule has 1 N–H and O–H groups in total. The van der Waals surface area contributed by atoms with Gasteiger partial charge in [-0.1, -0.05) is 24.3 Å². The van der Waals surface area contributed by atoms with E-state index < -0.39 is 0 Å². The molecule has 2 rings (SSSR count). The van der Waals surface area contributed by atoms with Gasteiger partial charge in [0.25, 0.3) is 5.91 Å². The Morgan fingerprint density at radius 3 is 2.63 bits per heavy atom. The van der Waals surface area contributed by atoms with Crippen molar-refractivity contribution in [3.63, 3.8) is 0 Å². The minimum Gasteiger partial charge on any atom is -0.370 e. The summed E-state index contributed by atoms with van der Waals surface area (Å²) in [6.45, 7) is 2.73. The number of anilines is 1. The Labute approximate surface area is 117 Å². The highest BCUT2D eigenvalue weighted by Crippen LogP contribution is 2.14. The molecule has 0 spiro atoms. The minimum atomic E-state index is 0.00307. The van der Waals surface area contributed by atoms with E-state index in [1.54, 1.807) is 0 Å². The number of nitrogens with zero attached hydrogens (tertiary/aromatic N) is 1. The minimum absolute atomic E-state index is 0.00307. The van der Waals surface area contributed by atoms with E-state index in [9.17, 15) is 4.79 Å². The van der Waals surface area contributed by atoms with Gasteiger partial charge in [0.1, 0.15) is 0 Å². The van der Waals surface area contributed by atoms with Gasteiger partial charge in [0, 0.05) is 25.3 Å². The average Bonchev–Trinajstić information content (AvgIpc) is 2.98. The highest BCUT2D eigenvalue weighted by Gasteiger charge is 2.12. The Morgan fingerprint density at radius 1 is 1.26 bits per heavy atom. The van der Waals surface area contributed by atoms with Crippen LogP contribution in [0.25, 0.3) is 0 Å². The van der Waals surface area contributed by atoms with Crippen LogP contribution >= 0.6 is 11.3 Å². The third-order valence-electron chi connectivity index (χ3n) is 3.13. The molecule has 0 radical (unpaired) electrons. The van der Waals surface area contributed by atoms with E-state index in [0.717, 1.165) is 10.6 Å². The van der Waals surface area contributed by atoms with Crippen molar-refractivity contribution in [2.24, 2.45) is 0 Å². The Hall–Kier alpha value is -1.81. The van der Waals surface area contributed by atoms with Crippen LogP contribution in [0.1, 0.15) is 16.6 Å². The number of carbonyl (C=O) groups is 1. The predicted octanol–water partition coefficient (Wildman–Crippen LogP) is 3.00. The van der Waals surface area contributed by atoms with E-state index in [4.69, 9.17) is 0 Å². The van der Waals surface area contributed by atoms with Crippen LogP contribution < -0.4 is 10.2 Å². The maximum atomic E-state index is 11.9. The maximum absolute atomic E-state index is 11.9. The van der Waals surface area contributed by atoms with Gasteiger partial charge in [0.2, 0.25) is 0 Å². The number of rotatable bonds is 5. The van der Waals surface area contributed by atoms with Crippen LogP contribution in [0.15, 0.2) is 47.8 Å². The first-order valence-electron chi connectivity index (χ1n) is 6.28. The summed E-state index contributed by atoms with van der Waals surface area (Å²) in [7, 11) is 2.04. The smallest absolute Gasteiger partial charge is 0.261 e. The van der Waals surface area contributed by atoms with Gasteiger partial charge in [-0.15, -0.1) is 11.3 Å². The van der Waals surface area contributed by atoms with Crippen LogP contribution in [0, 0.1) is 0 Å². The summed E-state index contributed by atoms with van der Waals surface area (Å²) in [5.41, 5.74) is 1.15. The van der Waals surface area contributed by atoms with Gasteiger partial charge in [0.05, 0.1) is 4.88 Å². The van der Waals surface area contributed by atoms with E-state index in [2.05, 4.69) is 29.3 Å². The molecule has 19 heavy (non-hydrogen) atoms. The molecule has 100 valence electrons. The van der Waals surface area contributed by atoms with E-state index in [0.29, 0.717) is 6.54 Å². The number of hydrogen-bond acceptors (Lipinski definition) is 3. The molecule has 3 nitrogen and oxygen atoms in total. The molecule has 1 heterocycles. The average molecular weight is 274 g/mol. The van der Waals surface area contributed by atoms with Crippen molar-refractivity contribution >= 4 is 22.9 Å². The Balaban J connectivity index is 1.88. The van der Waals surface area contributed by atoms with Crippen molar-refractivity contribution < 1.29 is 4.79 Å². The van der Waals surface area contributed by atoms with Crippen molar-refractivity contribution in [1.29, 1.82) is 0 Å². The second kappa shape index (κ2) is 6.38. The molecule has 0 aliphatic rings. The van der Waals surface area contributed by atoms with Crippen LogP contribution in [-0.4, -0.2) is 25.5 Å². The highest BCUT2D eigenvalue weighted by molar-refractivity contribution is 7.12. The lowest BCUT2D eigenvalue weighted by atomic mass is 10.2. The summed E-state index contributed by atoms with van der Waals surface area (Å²) in [5.74, 6) is 0.00307. The number of hydrogen-bond donors (Lipinski definition) is 1. The van der Waals surface area contributed by atoms with Crippen LogP contribution in [0.3, 0.4) is 0 Å². The van der Waals surface area contributed by atoms with Gasteiger partial charge in [-0.05, 0) is 30.5 Å². The van der Waals surface area contributed by atoms with Crippen molar-refractivity contribution in [3.8, 4) is 0 Å². The van der Waals surface area contributed by atoms with Crippen molar-refractivity contribution in [2.75, 3.05) is 18.5 Å². The van der Waals surface area contributed by atoms with Gasteiger partial charge in [0.15, 0.2) is 0 Å². The van der Waals surface area contributed by atoms with E-state index >= 15 is 0 Å². The number of thiophene rings is 1. The van der Waals surface area contributed by atoms with Crippen LogP contribution in [-0.2, 0) is 0 Å². The molecule has 1 aromatic carbocycles. The summed E-state index contributed by atoms with van der Waals surface area (Å²) < 4.78 is 0. The Bertz CT molecular complexity index is 510. The molecule has 0 saturated heterocycles. The van der Waals surface area contributed by atoms with Crippen molar-refractivity contribution in [1.82, 2.24) is 5.32 Å². The molecule has 0 saturated carbocycles. The number of likely N-dealkylation sites (N-methyl/N-ethyl adjacent to an activating group) is 1. The fraction of sp³-hybridized carbons (Fsp3) is 0.267. The van der Waals surface area contributed by atoms with E-state index in [1.165, 1.54) is 11.3 Å². The monoisotopic (exact) mass is 274 g/mol. The largest absolute Gasteiger partial charge is 0.370 e. The summed E-state index contributed by atoms with van der Waals surface area (Å²) in [6, 6.07) is 14.1. The molecule has 0 fully saturated rings. The second-order valence-corrected chi connectivity index (χ2v) is 5.43. The Morgan fingerprint density at radius 2 is 2.00 bits per heavy atom. The van der Waals surface area contributed by atoms with E-state index in [1.807, 2.05) is 42.8 Å². The molecule has 1 atom stereocenters. The summed E-state index contributed by atoms with van der Waals surface area (Å²) in [4.78, 5) is 14.8. The van der Waals surface area contributed by atoms with Gasteiger partial charge >= 0.3 is 0 Å². The first-order chi connectivity index (χ1) is 9.18. The lowest BCUT2D eigenvalue weighted by molar-refractivity contribution is 0.0955. The van der Waals surface area contributed by atoms with Crippen molar-refractivity contribution in [2.45, 2.75) is 13.0 Å². The standard InChI is InChI=1S/C15H18N2OS/c1-12(17(2)13-7-4-3-5-8-13)11-16-15(18)14-9-6-10-19-14/h3-10,12H,11H2,1-2H3,(H,16,18)/t12-/m1/s1. The normalized spacial score (nSPS) is 11.9. The zero-order valence-corrected chi connectivity index (χ0v) is 12.0. The molecule has 0 bridgehead atoms. The number of benzene rings is 1. The molecule has 0 aliphatic carbocycles. The lowest BCUT2D eigenvalue weighted by Crippen LogP contribution is -2.40. The van der Waals surface area contributed by atoms with E-state index in [-0.39, 0.29) is 11.9 Å². The zero-order chi connectivity index (χ0) is 13.7. The van der Waals surface area contributed by atoms with Crippen LogP contribution in [0.4, 0.5) is 5.69 Å². The van der Waals surface area contributed by atoms with Crippen LogP contribution in [0.5, 0.6) is 0 Å². The molecular weight excluding hydrogens is 256 g/mol. The first kappa shape index (κ1) is 13.6. The fourth-order valence-corrected chi connectivity index (χ4v) is 2.43. The number of carbonyl (C=O) groups excluding carboxylic acids is 1. The molecule has 4 heteroatoms. The summed E-state index contributed by atoms with van der Waals surface area (Å²) in [5, 5.41) is 4.88. The van der Waals surface area contributed by atoms with Gasteiger partial charge < -0.3 is 10.2 Å². The fourth-order valence-electron chi connectivity index (χ4n) is 1.79. The molecule has 2 aromatic rings. The zero-order valence-electron chi connectivity index (χ0n) is 11.2.